The molecule has 11 heavy (non-hydrogen) atoms. The van der Waals surface area contributed by atoms with Gasteiger partial charge in [0.05, 0.1) is 6.61 Å². The molecule has 0 fully saturated rings. The van der Waals surface area contributed by atoms with Gasteiger partial charge in [-0.3, -0.25) is 4.79 Å². The molecule has 0 heterocycles. The van der Waals surface area contributed by atoms with Crippen LogP contribution < -0.4 is 11.1 Å². The molecule has 0 saturated heterocycles. The van der Waals surface area contributed by atoms with Crippen LogP contribution in [-0.2, 0) is 4.79 Å². The van der Waals surface area contributed by atoms with Crippen molar-refractivity contribution in [2.75, 3.05) is 13.2 Å². The van der Waals surface area contributed by atoms with E-state index >= 15 is 0 Å². The van der Waals surface area contributed by atoms with Crippen LogP contribution in [0.5, 0.6) is 0 Å². The second-order valence-corrected chi connectivity index (χ2v) is 2.54. The summed E-state index contributed by atoms with van der Waals surface area (Å²) in [5.41, 5.74) is 5.21. The third kappa shape index (κ3) is 5.82. The first kappa shape index (κ1) is 10.4. The van der Waals surface area contributed by atoms with Crippen molar-refractivity contribution in [3.05, 3.63) is 0 Å². The van der Waals surface area contributed by atoms with Crippen LogP contribution in [0.15, 0.2) is 0 Å². The topological polar surface area (TPSA) is 75.3 Å². The molecule has 0 aliphatic rings. The second kappa shape index (κ2) is 6.12. The Morgan fingerprint density at radius 2 is 2.36 bits per heavy atom. The fourth-order valence-corrected chi connectivity index (χ4v) is 0.655. The third-order valence-corrected chi connectivity index (χ3v) is 1.29. The molecular weight excluding hydrogens is 144 g/mol. The molecule has 4 heteroatoms. The first-order valence-corrected chi connectivity index (χ1v) is 3.81. The second-order valence-electron chi connectivity index (χ2n) is 2.54. The minimum atomic E-state index is -0.153. The van der Waals surface area contributed by atoms with Gasteiger partial charge in [-0.25, -0.2) is 0 Å². The molecule has 0 aliphatic carbocycles. The van der Waals surface area contributed by atoms with Crippen molar-refractivity contribution in [1.29, 1.82) is 0 Å². The Balaban J connectivity index is 3.36. The summed E-state index contributed by atoms with van der Waals surface area (Å²) in [5.74, 6) is -0.0444. The lowest BCUT2D eigenvalue weighted by molar-refractivity contribution is -0.122. The van der Waals surface area contributed by atoms with Gasteiger partial charge in [0, 0.05) is 12.5 Å². The lowest BCUT2D eigenvalue weighted by atomic mass is 10.2. The van der Waals surface area contributed by atoms with Crippen molar-refractivity contribution in [2.24, 2.45) is 5.73 Å². The van der Waals surface area contributed by atoms with E-state index in [1.807, 2.05) is 0 Å². The van der Waals surface area contributed by atoms with Gasteiger partial charge in [-0.05, 0) is 19.9 Å². The summed E-state index contributed by atoms with van der Waals surface area (Å²) in [6.07, 6.45) is 1.14. The zero-order valence-corrected chi connectivity index (χ0v) is 6.84. The van der Waals surface area contributed by atoms with E-state index in [9.17, 15) is 4.79 Å². The molecular formula is C7H16N2O2. The maximum absolute atomic E-state index is 10.9. The zero-order chi connectivity index (χ0) is 8.69. The highest BCUT2D eigenvalue weighted by molar-refractivity contribution is 5.76. The summed E-state index contributed by atoms with van der Waals surface area (Å²) in [6, 6.07) is -0.153. The van der Waals surface area contributed by atoms with Crippen molar-refractivity contribution in [3.8, 4) is 0 Å². The predicted octanol–water partition coefficient (Wildman–Crippen LogP) is -0.778. The van der Waals surface area contributed by atoms with E-state index in [1.54, 1.807) is 6.92 Å². The smallest absolute Gasteiger partial charge is 0.220 e. The molecule has 0 radical (unpaired) electrons. The van der Waals surface area contributed by atoms with Gasteiger partial charge in [0.2, 0.25) is 5.91 Å². The molecule has 0 unspecified atom stereocenters. The minimum Gasteiger partial charge on any atom is -0.394 e. The lowest BCUT2D eigenvalue weighted by Gasteiger charge is -2.09. The lowest BCUT2D eigenvalue weighted by Crippen LogP contribution is -2.35. The number of amides is 1. The molecule has 1 atom stereocenters. The molecule has 0 saturated carbocycles. The molecule has 0 aromatic carbocycles. The van der Waals surface area contributed by atoms with Crippen molar-refractivity contribution < 1.29 is 9.90 Å². The van der Waals surface area contributed by atoms with Crippen LogP contribution in [0.25, 0.3) is 0 Å². The Morgan fingerprint density at radius 3 is 2.82 bits per heavy atom. The molecule has 4 nitrogen and oxygen atoms in total. The van der Waals surface area contributed by atoms with Gasteiger partial charge < -0.3 is 16.2 Å². The van der Waals surface area contributed by atoms with E-state index in [0.29, 0.717) is 19.4 Å². The Bertz CT molecular complexity index is 117. The number of nitrogens with one attached hydrogen (secondary N) is 1. The maximum atomic E-state index is 10.9. The molecule has 0 aromatic rings. The van der Waals surface area contributed by atoms with Gasteiger partial charge in [-0.15, -0.1) is 0 Å². The van der Waals surface area contributed by atoms with Crippen molar-refractivity contribution in [2.45, 2.75) is 25.8 Å². The van der Waals surface area contributed by atoms with E-state index in [4.69, 9.17) is 10.8 Å². The van der Waals surface area contributed by atoms with Crippen LogP contribution in [-0.4, -0.2) is 30.2 Å². The first-order chi connectivity index (χ1) is 5.20. The highest BCUT2D eigenvalue weighted by atomic mass is 16.3. The average Bonchev–Trinajstić information content (AvgIpc) is 2.00. The van der Waals surface area contributed by atoms with Gasteiger partial charge in [-0.2, -0.15) is 0 Å². The molecule has 1 amide bonds. The monoisotopic (exact) mass is 160 g/mol. The number of hydrogen-bond donors (Lipinski definition) is 3. The standard InChI is InChI=1S/C7H16N2O2/c1-6(5-10)9-7(11)3-2-4-8/h6,10H,2-5,8H2,1H3,(H,9,11)/t6-/m1/s1. The molecule has 0 aromatic heterocycles. The van der Waals surface area contributed by atoms with Crippen molar-refractivity contribution >= 4 is 5.91 Å². The van der Waals surface area contributed by atoms with Gasteiger partial charge in [0.25, 0.3) is 0 Å². The first-order valence-electron chi connectivity index (χ1n) is 3.81. The average molecular weight is 160 g/mol. The van der Waals surface area contributed by atoms with Gasteiger partial charge in [0.15, 0.2) is 0 Å². The van der Waals surface area contributed by atoms with Crippen molar-refractivity contribution in [3.63, 3.8) is 0 Å². The maximum Gasteiger partial charge on any atom is 0.220 e. The van der Waals surface area contributed by atoms with Gasteiger partial charge >= 0.3 is 0 Å². The van der Waals surface area contributed by atoms with Crippen LogP contribution in [0, 0.1) is 0 Å². The molecule has 66 valence electrons. The number of nitrogens with two attached hydrogens (primary N) is 1. The van der Waals surface area contributed by atoms with E-state index in [-0.39, 0.29) is 18.6 Å². The van der Waals surface area contributed by atoms with E-state index in [0.717, 1.165) is 0 Å². The normalized spacial score (nSPS) is 12.6. The summed E-state index contributed by atoms with van der Waals surface area (Å²) in [6.45, 7) is 2.26. The van der Waals surface area contributed by atoms with Crippen LogP contribution in [0.3, 0.4) is 0 Å². The summed E-state index contributed by atoms with van der Waals surface area (Å²) >= 11 is 0. The number of aliphatic hydroxyl groups excluding tert-OH is 1. The number of carbonyl (C=O) groups is 1. The third-order valence-electron chi connectivity index (χ3n) is 1.29. The number of rotatable bonds is 5. The fraction of sp³-hybridized carbons (Fsp3) is 0.857. The summed E-state index contributed by atoms with van der Waals surface area (Å²) in [5, 5.41) is 11.2. The molecule has 0 aliphatic heterocycles. The number of hydrogen-bond acceptors (Lipinski definition) is 3. The van der Waals surface area contributed by atoms with Crippen LogP contribution in [0.2, 0.25) is 0 Å². The fourth-order valence-electron chi connectivity index (χ4n) is 0.655. The van der Waals surface area contributed by atoms with E-state index in [1.165, 1.54) is 0 Å². The minimum absolute atomic E-state index is 0.0195. The Labute approximate surface area is 66.8 Å². The highest BCUT2D eigenvalue weighted by Gasteiger charge is 2.03. The van der Waals surface area contributed by atoms with Gasteiger partial charge in [0.1, 0.15) is 0 Å². The zero-order valence-electron chi connectivity index (χ0n) is 6.84. The summed E-state index contributed by atoms with van der Waals surface area (Å²) in [7, 11) is 0. The van der Waals surface area contributed by atoms with Crippen LogP contribution >= 0.6 is 0 Å². The number of aliphatic hydroxyl groups is 1. The SMILES string of the molecule is C[C@H](CO)NC(=O)CCCN. The van der Waals surface area contributed by atoms with E-state index < -0.39 is 0 Å². The molecule has 4 N–H and O–H groups in total. The Morgan fingerprint density at radius 1 is 1.73 bits per heavy atom. The molecule has 0 spiro atoms. The molecule has 0 bridgehead atoms. The predicted molar refractivity (Wildman–Crippen MR) is 43.0 cm³/mol. The summed E-state index contributed by atoms with van der Waals surface area (Å²) < 4.78 is 0. The van der Waals surface area contributed by atoms with E-state index in [2.05, 4.69) is 5.32 Å². The Kier molecular flexibility index (Phi) is 5.78. The van der Waals surface area contributed by atoms with Crippen molar-refractivity contribution in [1.82, 2.24) is 5.32 Å². The highest BCUT2D eigenvalue weighted by Crippen LogP contribution is 1.87. The van der Waals surface area contributed by atoms with Crippen LogP contribution in [0.1, 0.15) is 19.8 Å². The quantitative estimate of drug-likeness (QED) is 0.494. The summed E-state index contributed by atoms with van der Waals surface area (Å²) in [4.78, 5) is 10.9. The Hall–Kier alpha value is -0.610. The van der Waals surface area contributed by atoms with Gasteiger partial charge in [-0.1, -0.05) is 0 Å². The largest absolute Gasteiger partial charge is 0.394 e. The van der Waals surface area contributed by atoms with Crippen LogP contribution in [0.4, 0.5) is 0 Å². The molecule has 0 rings (SSSR count). The number of carbonyl (C=O) groups excluding carboxylic acids is 1.